The zero-order valence-electron chi connectivity index (χ0n) is 17.4. The average molecular weight is 426 g/mol. The molecule has 0 saturated carbocycles. The highest BCUT2D eigenvalue weighted by molar-refractivity contribution is 7.17. The Hall–Kier alpha value is -1.97. The number of amides is 1. The van der Waals surface area contributed by atoms with Gasteiger partial charge in [-0.3, -0.25) is 9.59 Å². The van der Waals surface area contributed by atoms with Gasteiger partial charge in [0, 0.05) is 4.88 Å². The lowest BCUT2D eigenvalue weighted by atomic mass is 9.95. The molecule has 1 aliphatic carbocycles. The summed E-state index contributed by atoms with van der Waals surface area (Å²) in [5.74, 6) is -1.93. The number of ether oxygens (including phenoxy) is 1. The summed E-state index contributed by atoms with van der Waals surface area (Å²) < 4.78 is 5.18. The van der Waals surface area contributed by atoms with Crippen LogP contribution >= 0.6 is 11.3 Å². The number of anilines is 1. The van der Waals surface area contributed by atoms with Gasteiger partial charge in [0.05, 0.1) is 18.6 Å². The van der Waals surface area contributed by atoms with Crippen LogP contribution in [0.1, 0.15) is 53.4 Å². The molecule has 3 N–H and O–H groups in total. The molecule has 0 spiro atoms. The first-order chi connectivity index (χ1) is 13.8. The Morgan fingerprint density at radius 3 is 2.62 bits per heavy atom. The van der Waals surface area contributed by atoms with E-state index >= 15 is 0 Å². The number of fused-ring (bicyclic) bond motifs is 1. The molecule has 1 aromatic heterocycles. The minimum atomic E-state index is -1.07. The van der Waals surface area contributed by atoms with Crippen LogP contribution in [0.2, 0.25) is 0 Å². The number of aryl methyl sites for hydroxylation is 1. The SMILES string of the molecule is CCOC(=O)c1c(NC(=O)C[C@H](NCCCN(C)C)C(=O)O)sc2c1CCCC2. The van der Waals surface area contributed by atoms with Gasteiger partial charge in [-0.25, -0.2) is 4.79 Å². The molecule has 1 atom stereocenters. The highest BCUT2D eigenvalue weighted by Gasteiger charge is 2.28. The smallest absolute Gasteiger partial charge is 0.341 e. The number of nitrogens with one attached hydrogen (secondary N) is 2. The number of carbonyl (C=O) groups excluding carboxylic acids is 2. The van der Waals surface area contributed by atoms with E-state index in [4.69, 9.17) is 4.74 Å². The van der Waals surface area contributed by atoms with Gasteiger partial charge in [0.2, 0.25) is 5.91 Å². The van der Waals surface area contributed by atoms with E-state index in [0.29, 0.717) is 17.1 Å². The fourth-order valence-corrected chi connectivity index (χ4v) is 4.65. The Morgan fingerprint density at radius 2 is 1.97 bits per heavy atom. The molecule has 0 bridgehead atoms. The summed E-state index contributed by atoms with van der Waals surface area (Å²) in [6, 6.07) is -0.974. The molecule has 29 heavy (non-hydrogen) atoms. The zero-order valence-corrected chi connectivity index (χ0v) is 18.2. The van der Waals surface area contributed by atoms with Crippen LogP contribution < -0.4 is 10.6 Å². The third-order valence-corrected chi connectivity index (χ3v) is 5.97. The maximum Gasteiger partial charge on any atom is 0.341 e. The van der Waals surface area contributed by atoms with Crippen molar-refractivity contribution < 1.29 is 24.2 Å². The van der Waals surface area contributed by atoms with Crippen molar-refractivity contribution in [2.75, 3.05) is 39.1 Å². The van der Waals surface area contributed by atoms with Crippen LogP contribution in [0.3, 0.4) is 0 Å². The van der Waals surface area contributed by atoms with E-state index in [-0.39, 0.29) is 13.0 Å². The van der Waals surface area contributed by atoms with Gasteiger partial charge in [-0.15, -0.1) is 11.3 Å². The largest absolute Gasteiger partial charge is 0.480 e. The Labute approximate surface area is 175 Å². The second-order valence-corrected chi connectivity index (χ2v) is 8.49. The predicted octanol–water partition coefficient (Wildman–Crippen LogP) is 2.13. The van der Waals surface area contributed by atoms with Crippen molar-refractivity contribution in [3.05, 3.63) is 16.0 Å². The number of aliphatic carboxylic acids is 1. The molecule has 8 nitrogen and oxygen atoms in total. The van der Waals surface area contributed by atoms with Crippen molar-refractivity contribution in [2.45, 2.75) is 51.5 Å². The van der Waals surface area contributed by atoms with Gasteiger partial charge < -0.3 is 25.4 Å². The first-order valence-electron chi connectivity index (χ1n) is 10.1. The summed E-state index contributed by atoms with van der Waals surface area (Å²) in [5, 5.41) is 15.6. The molecule has 0 aliphatic heterocycles. The Bertz CT molecular complexity index is 732. The number of carbonyl (C=O) groups is 3. The highest BCUT2D eigenvalue weighted by atomic mass is 32.1. The van der Waals surface area contributed by atoms with Crippen molar-refractivity contribution in [3.63, 3.8) is 0 Å². The van der Waals surface area contributed by atoms with E-state index in [0.717, 1.165) is 49.1 Å². The van der Waals surface area contributed by atoms with Crippen LogP contribution in [0.25, 0.3) is 0 Å². The molecular weight excluding hydrogens is 394 g/mol. The van der Waals surface area contributed by atoms with Gasteiger partial charge in [0.15, 0.2) is 0 Å². The van der Waals surface area contributed by atoms with Gasteiger partial charge in [-0.1, -0.05) is 0 Å². The second kappa shape index (κ2) is 11.3. The number of esters is 1. The van der Waals surface area contributed by atoms with Crippen LogP contribution in [0.15, 0.2) is 0 Å². The molecule has 0 unspecified atom stereocenters. The molecule has 1 aliphatic rings. The summed E-state index contributed by atoms with van der Waals surface area (Å²) in [7, 11) is 3.90. The van der Waals surface area contributed by atoms with Crippen molar-refractivity contribution in [1.29, 1.82) is 0 Å². The first-order valence-corrected chi connectivity index (χ1v) is 10.9. The molecule has 2 rings (SSSR count). The normalized spacial score (nSPS) is 14.3. The Morgan fingerprint density at radius 1 is 1.24 bits per heavy atom. The van der Waals surface area contributed by atoms with E-state index in [1.807, 2.05) is 19.0 Å². The summed E-state index contributed by atoms with van der Waals surface area (Å²) in [5.41, 5.74) is 1.40. The number of carboxylic acids is 1. The fourth-order valence-electron chi connectivity index (χ4n) is 3.35. The van der Waals surface area contributed by atoms with E-state index in [1.165, 1.54) is 11.3 Å². The molecule has 162 valence electrons. The number of nitrogens with zero attached hydrogens (tertiary/aromatic N) is 1. The molecule has 9 heteroatoms. The van der Waals surface area contributed by atoms with Gasteiger partial charge in [0.1, 0.15) is 11.0 Å². The molecular formula is C20H31N3O5S. The summed E-state index contributed by atoms with van der Waals surface area (Å²) in [6.45, 7) is 3.34. The maximum absolute atomic E-state index is 12.5. The third-order valence-electron chi connectivity index (χ3n) is 4.76. The van der Waals surface area contributed by atoms with E-state index < -0.39 is 23.9 Å². The van der Waals surface area contributed by atoms with Gasteiger partial charge in [0.25, 0.3) is 0 Å². The third kappa shape index (κ3) is 6.80. The van der Waals surface area contributed by atoms with Crippen molar-refractivity contribution in [1.82, 2.24) is 10.2 Å². The van der Waals surface area contributed by atoms with Crippen LogP contribution in [0.4, 0.5) is 5.00 Å². The lowest BCUT2D eigenvalue weighted by Crippen LogP contribution is -2.40. The van der Waals surface area contributed by atoms with Crippen molar-refractivity contribution in [2.24, 2.45) is 0 Å². The number of rotatable bonds is 11. The topological polar surface area (TPSA) is 108 Å². The van der Waals surface area contributed by atoms with Crippen LogP contribution in [-0.4, -0.2) is 67.7 Å². The minimum Gasteiger partial charge on any atom is -0.480 e. The molecule has 1 heterocycles. The second-order valence-electron chi connectivity index (χ2n) is 7.39. The van der Waals surface area contributed by atoms with E-state index in [1.54, 1.807) is 6.92 Å². The van der Waals surface area contributed by atoms with E-state index in [2.05, 4.69) is 10.6 Å². The monoisotopic (exact) mass is 425 g/mol. The van der Waals surface area contributed by atoms with Crippen molar-refractivity contribution in [3.8, 4) is 0 Å². The number of carboxylic acid groups (broad SMARTS) is 1. The van der Waals surface area contributed by atoms with Gasteiger partial charge in [-0.05, 0) is 71.8 Å². The number of hydrogen-bond donors (Lipinski definition) is 3. The lowest BCUT2D eigenvalue weighted by molar-refractivity contribution is -0.141. The van der Waals surface area contributed by atoms with Crippen LogP contribution in [-0.2, 0) is 27.2 Å². The Kier molecular flexibility index (Phi) is 9.06. The first kappa shape index (κ1) is 23.3. The Balaban J connectivity index is 2.05. The quantitative estimate of drug-likeness (QED) is 0.368. The van der Waals surface area contributed by atoms with Crippen LogP contribution in [0.5, 0.6) is 0 Å². The zero-order chi connectivity index (χ0) is 21.4. The van der Waals surface area contributed by atoms with Crippen LogP contribution in [0, 0.1) is 0 Å². The average Bonchev–Trinajstić information content (AvgIpc) is 3.01. The summed E-state index contributed by atoms with van der Waals surface area (Å²) in [4.78, 5) is 39.6. The van der Waals surface area contributed by atoms with Gasteiger partial charge >= 0.3 is 11.9 Å². The fraction of sp³-hybridized carbons (Fsp3) is 0.650. The standard InChI is InChI=1S/C20H31N3O5S/c1-4-28-20(27)17-13-8-5-6-9-15(13)29-18(17)22-16(24)12-14(19(25)26)21-10-7-11-23(2)3/h14,21H,4-12H2,1-3H3,(H,22,24)(H,25,26)/t14-/m0/s1. The number of thiophene rings is 1. The molecule has 0 aromatic carbocycles. The lowest BCUT2D eigenvalue weighted by Gasteiger charge is -2.16. The van der Waals surface area contributed by atoms with E-state index in [9.17, 15) is 19.5 Å². The summed E-state index contributed by atoms with van der Waals surface area (Å²) >= 11 is 1.40. The predicted molar refractivity (Wildman–Crippen MR) is 113 cm³/mol. The highest BCUT2D eigenvalue weighted by Crippen LogP contribution is 2.38. The van der Waals surface area contributed by atoms with Gasteiger partial charge in [-0.2, -0.15) is 0 Å². The minimum absolute atomic E-state index is 0.206. The number of hydrogen-bond acceptors (Lipinski definition) is 7. The molecule has 1 amide bonds. The van der Waals surface area contributed by atoms with Crippen molar-refractivity contribution >= 4 is 34.2 Å². The molecule has 1 aromatic rings. The molecule has 0 fully saturated rings. The molecule has 0 saturated heterocycles. The summed E-state index contributed by atoms with van der Waals surface area (Å²) in [6.07, 6.45) is 4.31. The maximum atomic E-state index is 12.5. The molecule has 0 radical (unpaired) electrons.